The van der Waals surface area contributed by atoms with E-state index in [1.807, 2.05) is 19.1 Å². The summed E-state index contributed by atoms with van der Waals surface area (Å²) in [4.78, 5) is 7.89. The topological polar surface area (TPSA) is 54.7 Å². The fourth-order valence-corrected chi connectivity index (χ4v) is 1.94. The van der Waals surface area contributed by atoms with Gasteiger partial charge >= 0.3 is 0 Å². The van der Waals surface area contributed by atoms with Gasteiger partial charge in [-0.15, -0.1) is 0 Å². The van der Waals surface area contributed by atoms with Crippen molar-refractivity contribution >= 4 is 22.6 Å². The Labute approximate surface area is 100 Å². The number of imidazole rings is 1. The van der Waals surface area contributed by atoms with Gasteiger partial charge in [-0.3, -0.25) is 0 Å². The second kappa shape index (κ2) is 3.75. The largest absolute Gasteiger partial charge is 0.341 e. The van der Waals surface area contributed by atoms with Crippen molar-refractivity contribution in [3.05, 3.63) is 28.5 Å². The van der Waals surface area contributed by atoms with E-state index in [-0.39, 0.29) is 5.41 Å². The molecule has 2 rings (SSSR count). The molecule has 86 valence electrons. The van der Waals surface area contributed by atoms with Crippen LogP contribution in [0.4, 0.5) is 0 Å². The standard InChI is InChI=1S/C12H16ClN3/c1-7-4-8(13)5-9-10(7)16-11(15-9)12(2,3)6-14/h4-5H,6,14H2,1-3H3,(H,15,16). The Kier molecular flexibility index (Phi) is 2.68. The lowest BCUT2D eigenvalue weighted by Gasteiger charge is -2.18. The number of hydrogen-bond donors (Lipinski definition) is 2. The molecule has 0 fully saturated rings. The maximum atomic E-state index is 6.01. The van der Waals surface area contributed by atoms with Gasteiger partial charge in [-0.1, -0.05) is 25.4 Å². The van der Waals surface area contributed by atoms with Crippen LogP contribution in [0.3, 0.4) is 0 Å². The summed E-state index contributed by atoms with van der Waals surface area (Å²) in [5.41, 5.74) is 8.63. The minimum atomic E-state index is -0.141. The van der Waals surface area contributed by atoms with Crippen molar-refractivity contribution in [3.63, 3.8) is 0 Å². The molecule has 0 saturated carbocycles. The number of fused-ring (bicyclic) bond motifs is 1. The zero-order chi connectivity index (χ0) is 11.9. The first-order valence-corrected chi connectivity index (χ1v) is 5.68. The smallest absolute Gasteiger partial charge is 0.114 e. The molecule has 0 unspecified atom stereocenters. The molecule has 3 nitrogen and oxygen atoms in total. The van der Waals surface area contributed by atoms with Crippen molar-refractivity contribution in [2.75, 3.05) is 6.54 Å². The van der Waals surface area contributed by atoms with Gasteiger partial charge < -0.3 is 10.7 Å². The number of aromatic amines is 1. The molecule has 0 aliphatic rings. The zero-order valence-corrected chi connectivity index (χ0v) is 10.5. The van der Waals surface area contributed by atoms with Crippen LogP contribution in [0.2, 0.25) is 5.02 Å². The van der Waals surface area contributed by atoms with Gasteiger partial charge in [0.2, 0.25) is 0 Å². The summed E-state index contributed by atoms with van der Waals surface area (Å²) < 4.78 is 0. The highest BCUT2D eigenvalue weighted by Crippen LogP contribution is 2.26. The van der Waals surface area contributed by atoms with E-state index in [1.54, 1.807) is 0 Å². The zero-order valence-electron chi connectivity index (χ0n) is 9.76. The Morgan fingerprint density at radius 2 is 2.12 bits per heavy atom. The van der Waals surface area contributed by atoms with E-state index < -0.39 is 0 Å². The Morgan fingerprint density at radius 3 is 2.75 bits per heavy atom. The van der Waals surface area contributed by atoms with Crippen LogP contribution in [-0.4, -0.2) is 16.5 Å². The van der Waals surface area contributed by atoms with Gasteiger partial charge in [0.1, 0.15) is 5.82 Å². The van der Waals surface area contributed by atoms with Crippen LogP contribution in [-0.2, 0) is 5.41 Å². The fourth-order valence-electron chi connectivity index (χ4n) is 1.66. The molecule has 0 aliphatic heterocycles. The number of nitrogens with two attached hydrogens (primary N) is 1. The molecule has 16 heavy (non-hydrogen) atoms. The molecular weight excluding hydrogens is 222 g/mol. The van der Waals surface area contributed by atoms with E-state index >= 15 is 0 Å². The molecule has 0 amide bonds. The summed E-state index contributed by atoms with van der Waals surface area (Å²) in [6.45, 7) is 6.71. The first kappa shape index (κ1) is 11.4. The predicted octanol–water partition coefficient (Wildman–Crippen LogP) is 2.76. The van der Waals surface area contributed by atoms with Gasteiger partial charge in [-0.25, -0.2) is 4.98 Å². The second-order valence-electron chi connectivity index (χ2n) is 4.79. The predicted molar refractivity (Wildman–Crippen MR) is 67.9 cm³/mol. The van der Waals surface area contributed by atoms with Crippen molar-refractivity contribution < 1.29 is 0 Å². The van der Waals surface area contributed by atoms with Crippen molar-refractivity contribution in [3.8, 4) is 0 Å². The third kappa shape index (κ3) is 1.81. The molecule has 3 N–H and O–H groups in total. The number of nitrogens with zero attached hydrogens (tertiary/aromatic N) is 1. The summed E-state index contributed by atoms with van der Waals surface area (Å²) in [6, 6.07) is 3.82. The average molecular weight is 238 g/mol. The highest BCUT2D eigenvalue weighted by molar-refractivity contribution is 6.31. The quantitative estimate of drug-likeness (QED) is 0.844. The van der Waals surface area contributed by atoms with Crippen molar-refractivity contribution in [2.45, 2.75) is 26.2 Å². The molecule has 4 heteroatoms. The SMILES string of the molecule is Cc1cc(Cl)cc2[nH]c(C(C)(C)CN)nc12. The number of halogens is 1. The minimum Gasteiger partial charge on any atom is -0.341 e. The van der Waals surface area contributed by atoms with E-state index in [0.29, 0.717) is 6.54 Å². The number of rotatable bonds is 2. The second-order valence-corrected chi connectivity index (χ2v) is 5.23. The summed E-state index contributed by atoms with van der Waals surface area (Å²) in [5.74, 6) is 0.912. The fraction of sp³-hybridized carbons (Fsp3) is 0.417. The molecule has 0 saturated heterocycles. The summed E-state index contributed by atoms with van der Waals surface area (Å²) in [5, 5.41) is 0.728. The van der Waals surface area contributed by atoms with Crippen LogP contribution in [0.15, 0.2) is 12.1 Å². The molecule has 1 aromatic carbocycles. The maximum absolute atomic E-state index is 6.01. The lowest BCUT2D eigenvalue weighted by Crippen LogP contribution is -2.29. The number of benzene rings is 1. The molecule has 0 atom stereocenters. The van der Waals surface area contributed by atoms with Crippen LogP contribution in [0.25, 0.3) is 11.0 Å². The number of aryl methyl sites for hydroxylation is 1. The molecule has 1 aromatic heterocycles. The van der Waals surface area contributed by atoms with E-state index in [1.165, 1.54) is 0 Å². The Balaban J connectivity index is 2.65. The number of hydrogen-bond acceptors (Lipinski definition) is 2. The van der Waals surface area contributed by atoms with Crippen LogP contribution in [0.1, 0.15) is 25.2 Å². The van der Waals surface area contributed by atoms with E-state index in [2.05, 4.69) is 23.8 Å². The normalized spacial score (nSPS) is 12.3. The van der Waals surface area contributed by atoms with Crippen LogP contribution in [0.5, 0.6) is 0 Å². The molecular formula is C12H16ClN3. The Morgan fingerprint density at radius 1 is 1.44 bits per heavy atom. The van der Waals surface area contributed by atoms with Crippen molar-refractivity contribution in [1.29, 1.82) is 0 Å². The van der Waals surface area contributed by atoms with E-state index in [4.69, 9.17) is 17.3 Å². The molecule has 0 bridgehead atoms. The van der Waals surface area contributed by atoms with Crippen molar-refractivity contribution in [2.24, 2.45) is 5.73 Å². The average Bonchev–Trinajstić information content (AvgIpc) is 2.62. The van der Waals surface area contributed by atoms with Gasteiger partial charge in [0, 0.05) is 17.0 Å². The van der Waals surface area contributed by atoms with E-state index in [9.17, 15) is 0 Å². The maximum Gasteiger partial charge on any atom is 0.114 e. The number of nitrogens with one attached hydrogen (secondary N) is 1. The van der Waals surface area contributed by atoms with E-state index in [0.717, 1.165) is 27.4 Å². The lowest BCUT2D eigenvalue weighted by atomic mass is 9.93. The Hall–Kier alpha value is -1.06. The van der Waals surface area contributed by atoms with Crippen LogP contribution in [0, 0.1) is 6.92 Å². The third-order valence-corrected chi connectivity index (χ3v) is 3.11. The molecule has 2 aromatic rings. The molecule has 0 aliphatic carbocycles. The highest BCUT2D eigenvalue weighted by atomic mass is 35.5. The minimum absolute atomic E-state index is 0.141. The first-order chi connectivity index (χ1) is 7.44. The first-order valence-electron chi connectivity index (χ1n) is 5.30. The summed E-state index contributed by atoms with van der Waals surface area (Å²) >= 11 is 6.01. The van der Waals surface area contributed by atoms with Gasteiger partial charge in [-0.2, -0.15) is 0 Å². The number of aromatic nitrogens is 2. The monoisotopic (exact) mass is 237 g/mol. The summed E-state index contributed by atoms with van der Waals surface area (Å²) in [7, 11) is 0. The van der Waals surface area contributed by atoms with Gasteiger partial charge in [0.05, 0.1) is 11.0 Å². The summed E-state index contributed by atoms with van der Waals surface area (Å²) in [6.07, 6.45) is 0. The van der Waals surface area contributed by atoms with Crippen LogP contribution >= 0.6 is 11.6 Å². The Bertz CT molecular complexity index is 528. The van der Waals surface area contributed by atoms with Gasteiger partial charge in [0.15, 0.2) is 0 Å². The number of H-pyrrole nitrogens is 1. The van der Waals surface area contributed by atoms with Gasteiger partial charge in [-0.05, 0) is 24.6 Å². The lowest BCUT2D eigenvalue weighted by molar-refractivity contribution is 0.509. The van der Waals surface area contributed by atoms with Crippen LogP contribution < -0.4 is 5.73 Å². The van der Waals surface area contributed by atoms with Gasteiger partial charge in [0.25, 0.3) is 0 Å². The third-order valence-electron chi connectivity index (χ3n) is 2.89. The van der Waals surface area contributed by atoms with Crippen molar-refractivity contribution in [1.82, 2.24) is 9.97 Å². The molecule has 0 spiro atoms. The highest BCUT2D eigenvalue weighted by Gasteiger charge is 2.23. The molecule has 1 heterocycles. The molecule has 0 radical (unpaired) electrons.